The van der Waals surface area contributed by atoms with Gasteiger partial charge in [-0.1, -0.05) is 37.6 Å². The number of rotatable bonds is 14. The van der Waals surface area contributed by atoms with Gasteiger partial charge in [0, 0.05) is 42.8 Å². The molecule has 3 heterocycles. The van der Waals surface area contributed by atoms with Crippen molar-refractivity contribution in [2.24, 2.45) is 0 Å². The smallest absolute Gasteiger partial charge is 0.281 e. The summed E-state index contributed by atoms with van der Waals surface area (Å²) < 4.78 is 64.8. The fraction of sp³-hybridized carbons (Fsp3) is 0.300. The minimum atomic E-state index is -3.59. The van der Waals surface area contributed by atoms with Crippen molar-refractivity contribution in [3.8, 4) is 17.6 Å². The molecule has 0 spiro atoms. The molecule has 2 aliphatic rings. The van der Waals surface area contributed by atoms with Crippen molar-refractivity contribution >= 4 is 56.7 Å². The number of ether oxygens (including phenoxy) is 2. The first-order valence-electron chi connectivity index (χ1n) is 17.9. The van der Waals surface area contributed by atoms with E-state index in [1.807, 2.05) is 19.9 Å². The van der Waals surface area contributed by atoms with Gasteiger partial charge in [0.05, 0.1) is 27.4 Å². The zero-order chi connectivity index (χ0) is 42.9. The lowest BCUT2D eigenvalue weighted by molar-refractivity contribution is -0.136. The summed E-state index contributed by atoms with van der Waals surface area (Å²) in [5.74, 6) is -6.97. The van der Waals surface area contributed by atoms with Crippen LogP contribution >= 0.6 is 11.6 Å². The molecular formula is C40H35ClF2N6O9S. The van der Waals surface area contributed by atoms with Crippen LogP contribution in [0.4, 0.5) is 14.5 Å². The Morgan fingerprint density at radius 2 is 1.73 bits per heavy atom. The highest BCUT2D eigenvalue weighted by Crippen LogP contribution is 2.39. The lowest BCUT2D eigenvalue weighted by Gasteiger charge is -2.27. The van der Waals surface area contributed by atoms with Gasteiger partial charge in [0.15, 0.2) is 12.4 Å². The number of nitriles is 1. The number of alkyl halides is 2. The number of imide groups is 2. The van der Waals surface area contributed by atoms with Crippen LogP contribution in [0, 0.1) is 11.3 Å². The van der Waals surface area contributed by atoms with Crippen LogP contribution in [0.15, 0.2) is 72.0 Å². The van der Waals surface area contributed by atoms with Crippen LogP contribution in [0.25, 0.3) is 0 Å². The Bertz CT molecular complexity index is 2550. The molecule has 4 aromatic rings. The monoisotopic (exact) mass is 848 g/mol. The highest BCUT2D eigenvalue weighted by molar-refractivity contribution is 7.90. The topological polar surface area (TPSA) is 215 Å². The Morgan fingerprint density at radius 1 is 1.02 bits per heavy atom. The molecule has 1 atom stereocenters. The van der Waals surface area contributed by atoms with Crippen LogP contribution in [0.3, 0.4) is 0 Å². The summed E-state index contributed by atoms with van der Waals surface area (Å²) >= 11 is 6.51. The number of aromatic nitrogens is 2. The molecule has 19 heteroatoms. The maximum absolute atomic E-state index is 15.1. The zero-order valence-corrected chi connectivity index (χ0v) is 33.2. The number of anilines is 1. The highest BCUT2D eigenvalue weighted by atomic mass is 35.5. The van der Waals surface area contributed by atoms with Crippen molar-refractivity contribution in [2.75, 3.05) is 18.2 Å². The summed E-state index contributed by atoms with van der Waals surface area (Å²) in [6, 6.07) is 16.1. The van der Waals surface area contributed by atoms with Crippen LogP contribution < -0.4 is 20.1 Å². The van der Waals surface area contributed by atoms with Gasteiger partial charge in [0.25, 0.3) is 17.7 Å². The number of hydrogen-bond acceptors (Lipinski definition) is 12. The molecule has 0 saturated carbocycles. The number of carbonyl (C=O) groups is 5. The molecule has 306 valence electrons. The summed E-state index contributed by atoms with van der Waals surface area (Å²) in [7, 11) is -3.59. The van der Waals surface area contributed by atoms with E-state index in [1.165, 1.54) is 42.6 Å². The molecular weight excluding hydrogens is 814 g/mol. The van der Waals surface area contributed by atoms with Crippen LogP contribution in [0.5, 0.6) is 11.5 Å². The molecule has 59 heavy (non-hydrogen) atoms. The number of carbonyl (C=O) groups excluding carboxylic acids is 5. The minimum absolute atomic E-state index is 0.0128. The van der Waals surface area contributed by atoms with Gasteiger partial charge < -0.3 is 14.8 Å². The molecule has 3 aromatic carbocycles. The minimum Gasteiger partial charge on any atom is -0.487 e. The average molecular weight is 849 g/mol. The number of amides is 5. The Kier molecular flexibility index (Phi) is 11.8. The molecule has 1 aromatic heterocycles. The molecule has 1 unspecified atom stereocenters. The van der Waals surface area contributed by atoms with Crippen LogP contribution in [0.1, 0.15) is 82.6 Å². The summed E-state index contributed by atoms with van der Waals surface area (Å²) in [5.41, 5.74) is 0.857. The number of fused-ring (bicyclic) bond motifs is 1. The van der Waals surface area contributed by atoms with E-state index in [0.29, 0.717) is 17.0 Å². The third-order valence-corrected chi connectivity index (χ3v) is 10.9. The van der Waals surface area contributed by atoms with Gasteiger partial charge in [-0.3, -0.25) is 34.2 Å². The first-order valence-corrected chi connectivity index (χ1v) is 20.2. The predicted molar refractivity (Wildman–Crippen MR) is 206 cm³/mol. The van der Waals surface area contributed by atoms with E-state index in [1.54, 1.807) is 24.3 Å². The molecule has 2 N–H and O–H groups in total. The third-order valence-electron chi connectivity index (χ3n) is 9.74. The van der Waals surface area contributed by atoms with Gasteiger partial charge in [0.2, 0.25) is 32.7 Å². The Morgan fingerprint density at radius 3 is 2.41 bits per heavy atom. The van der Waals surface area contributed by atoms with E-state index in [4.69, 9.17) is 21.1 Å². The van der Waals surface area contributed by atoms with E-state index in [9.17, 15) is 37.7 Å². The Labute approximate surface area is 341 Å². The SMILES string of the molecule is CC(C)(c1ccc(OCc2ccnc(S(C)(=O)=O)n2)cc1)c1cc(Cl)c(OCC(F)(F)CCC(=O)Nc2ccc3c(c2)C(=O)N(C2CCC(=O)NC2=O)C3=O)c(C#N)c1. The number of halogens is 3. The summed E-state index contributed by atoms with van der Waals surface area (Å²) in [6.45, 7) is 2.54. The molecule has 1 saturated heterocycles. The number of piperidine rings is 1. The molecule has 6 rings (SSSR count). The maximum Gasteiger partial charge on any atom is 0.281 e. The fourth-order valence-electron chi connectivity index (χ4n) is 6.43. The van der Waals surface area contributed by atoms with Crippen LogP contribution in [-0.4, -0.2) is 77.6 Å². The predicted octanol–water partition coefficient (Wildman–Crippen LogP) is 5.14. The number of hydrogen-bond donors (Lipinski definition) is 2. The fourth-order valence-corrected chi connectivity index (χ4v) is 7.24. The van der Waals surface area contributed by atoms with Gasteiger partial charge in [-0.15, -0.1) is 0 Å². The van der Waals surface area contributed by atoms with Crippen LogP contribution in [0.2, 0.25) is 5.02 Å². The third kappa shape index (κ3) is 9.37. The maximum atomic E-state index is 15.1. The lowest BCUT2D eigenvalue weighted by Crippen LogP contribution is -2.54. The molecule has 5 amide bonds. The van der Waals surface area contributed by atoms with E-state index in [2.05, 4.69) is 20.6 Å². The van der Waals surface area contributed by atoms with E-state index in [-0.39, 0.29) is 57.8 Å². The summed E-state index contributed by atoms with van der Waals surface area (Å²) in [4.78, 5) is 71.1. The quantitative estimate of drug-likeness (QED) is 0.125. The normalized spacial score (nSPS) is 15.7. The van der Waals surface area contributed by atoms with Gasteiger partial charge in [0.1, 0.15) is 24.5 Å². The highest BCUT2D eigenvalue weighted by Gasteiger charge is 2.44. The van der Waals surface area contributed by atoms with E-state index in [0.717, 1.165) is 16.7 Å². The second-order valence-corrected chi connectivity index (χ2v) is 16.7. The number of nitrogens with one attached hydrogen (secondary N) is 2. The van der Waals surface area contributed by atoms with Crippen molar-refractivity contribution in [3.05, 3.63) is 105 Å². The second-order valence-electron chi connectivity index (χ2n) is 14.4. The largest absolute Gasteiger partial charge is 0.487 e. The molecule has 0 bridgehead atoms. The standard InChI is InChI=1S/C40H35ClF2N6O9S/c1-39(2,23-4-7-27(8-5-23)57-20-26-13-15-45-38(47-26)59(3,55)56)24-16-22(19-44)34(30(41)17-24)58-21-40(42,43)14-12-33(51)46-25-6-9-28-29(18-25)37(54)49(36(28)53)31-10-11-32(50)48-35(31)52/h4-9,13,15-18,31H,10-12,14,20-21H2,1-3H3,(H,46,51)(H,48,50,52). The second kappa shape index (κ2) is 16.5. The molecule has 2 aliphatic heterocycles. The number of benzene rings is 3. The van der Waals surface area contributed by atoms with Crippen molar-refractivity contribution in [1.29, 1.82) is 5.26 Å². The Hall–Kier alpha value is -6.32. The first kappa shape index (κ1) is 42.3. The molecule has 0 radical (unpaired) electrons. The lowest BCUT2D eigenvalue weighted by atomic mass is 9.77. The van der Waals surface area contributed by atoms with Crippen molar-refractivity contribution < 1.29 is 50.6 Å². The number of nitrogens with zero attached hydrogens (tertiary/aromatic N) is 4. The molecule has 0 aliphatic carbocycles. The zero-order valence-electron chi connectivity index (χ0n) is 31.7. The molecule has 15 nitrogen and oxygen atoms in total. The summed E-state index contributed by atoms with van der Waals surface area (Å²) in [5, 5.41) is 14.1. The van der Waals surface area contributed by atoms with E-state index >= 15 is 8.78 Å². The van der Waals surface area contributed by atoms with Crippen molar-refractivity contribution in [3.63, 3.8) is 0 Å². The Balaban J connectivity index is 1.04. The van der Waals surface area contributed by atoms with Crippen LogP contribution in [-0.2, 0) is 36.2 Å². The van der Waals surface area contributed by atoms with Gasteiger partial charge >= 0.3 is 0 Å². The first-order chi connectivity index (χ1) is 27.8. The van der Waals surface area contributed by atoms with Gasteiger partial charge in [-0.2, -0.15) is 5.26 Å². The van der Waals surface area contributed by atoms with Crippen molar-refractivity contribution in [1.82, 2.24) is 20.2 Å². The van der Waals surface area contributed by atoms with Crippen molar-refractivity contribution in [2.45, 2.75) is 68.7 Å². The summed E-state index contributed by atoms with van der Waals surface area (Å²) in [6.07, 6.45) is 0.636. The average Bonchev–Trinajstić information content (AvgIpc) is 3.43. The molecule has 1 fully saturated rings. The number of sulfone groups is 1. The van der Waals surface area contributed by atoms with E-state index < -0.39 is 76.2 Å². The van der Waals surface area contributed by atoms with Gasteiger partial charge in [-0.25, -0.2) is 27.2 Å². The van der Waals surface area contributed by atoms with Gasteiger partial charge in [-0.05, 0) is 66.1 Å².